The maximum atomic E-state index is 13.7. The standard InChI is InChI=1S/C14H16FNOS/c1-18-14(7-8-14)13(17)16-9-6-12(16)10-4-2-3-5-11(10)15/h2-5,12H,6-9H2,1H3/t12-/m0/s1. The molecule has 3 rings (SSSR count). The van der Waals surface area contributed by atoms with Crippen LogP contribution < -0.4 is 0 Å². The van der Waals surface area contributed by atoms with Gasteiger partial charge in [0.15, 0.2) is 0 Å². The number of hydrogen-bond donors (Lipinski definition) is 0. The Kier molecular flexibility index (Phi) is 2.85. The molecule has 0 unspecified atom stereocenters. The lowest BCUT2D eigenvalue weighted by Gasteiger charge is -2.43. The average molecular weight is 265 g/mol. The second kappa shape index (κ2) is 4.26. The summed E-state index contributed by atoms with van der Waals surface area (Å²) in [5, 5.41) is 0. The zero-order valence-corrected chi connectivity index (χ0v) is 11.2. The van der Waals surface area contributed by atoms with Crippen molar-refractivity contribution >= 4 is 17.7 Å². The van der Waals surface area contributed by atoms with Crippen molar-refractivity contribution in [2.75, 3.05) is 12.8 Å². The Labute approximate surface area is 111 Å². The zero-order chi connectivity index (χ0) is 12.8. The van der Waals surface area contributed by atoms with E-state index >= 15 is 0 Å². The molecule has 1 heterocycles. The first-order valence-corrected chi connectivity index (χ1v) is 7.51. The fraction of sp³-hybridized carbons (Fsp3) is 0.500. The second-order valence-corrected chi connectivity index (χ2v) is 6.21. The van der Waals surface area contributed by atoms with Gasteiger partial charge >= 0.3 is 0 Å². The van der Waals surface area contributed by atoms with Gasteiger partial charge in [-0.15, -0.1) is 11.8 Å². The highest BCUT2D eigenvalue weighted by molar-refractivity contribution is 8.01. The van der Waals surface area contributed by atoms with Gasteiger partial charge in [0, 0.05) is 12.1 Å². The van der Waals surface area contributed by atoms with Crippen molar-refractivity contribution in [2.45, 2.75) is 30.1 Å². The minimum absolute atomic E-state index is 0.0525. The van der Waals surface area contributed by atoms with Crippen molar-refractivity contribution in [3.63, 3.8) is 0 Å². The van der Waals surface area contributed by atoms with E-state index in [1.165, 1.54) is 6.07 Å². The van der Waals surface area contributed by atoms with Gasteiger partial charge in [-0.05, 0) is 31.6 Å². The molecule has 1 atom stereocenters. The van der Waals surface area contributed by atoms with E-state index in [4.69, 9.17) is 0 Å². The van der Waals surface area contributed by atoms with E-state index in [-0.39, 0.29) is 22.5 Å². The van der Waals surface area contributed by atoms with E-state index in [9.17, 15) is 9.18 Å². The number of amides is 1. The first kappa shape index (κ1) is 12.0. The topological polar surface area (TPSA) is 20.3 Å². The SMILES string of the molecule is CSC1(C(=O)N2CC[C@H]2c2ccccc2F)CC1. The molecule has 1 saturated carbocycles. The number of thioether (sulfide) groups is 1. The number of nitrogens with zero attached hydrogens (tertiary/aromatic N) is 1. The highest BCUT2D eigenvalue weighted by Crippen LogP contribution is 2.51. The molecule has 1 aliphatic carbocycles. The van der Waals surface area contributed by atoms with Crippen molar-refractivity contribution in [1.82, 2.24) is 4.90 Å². The van der Waals surface area contributed by atoms with Crippen LogP contribution in [-0.2, 0) is 4.79 Å². The van der Waals surface area contributed by atoms with Gasteiger partial charge in [0.25, 0.3) is 0 Å². The number of likely N-dealkylation sites (tertiary alicyclic amines) is 1. The van der Waals surface area contributed by atoms with Gasteiger partial charge in [0.05, 0.1) is 10.8 Å². The molecule has 1 aliphatic heterocycles. The van der Waals surface area contributed by atoms with Crippen LogP contribution in [0, 0.1) is 5.82 Å². The van der Waals surface area contributed by atoms with Crippen LogP contribution in [0.4, 0.5) is 4.39 Å². The van der Waals surface area contributed by atoms with E-state index in [1.54, 1.807) is 23.9 Å². The summed E-state index contributed by atoms with van der Waals surface area (Å²) in [6.45, 7) is 0.764. The molecular formula is C14H16FNOS. The van der Waals surface area contributed by atoms with E-state index in [0.717, 1.165) is 25.8 Å². The molecule has 4 heteroatoms. The third-order valence-electron chi connectivity index (χ3n) is 4.03. The predicted octanol–water partition coefficient (Wildman–Crippen LogP) is 2.99. The van der Waals surface area contributed by atoms with Crippen LogP contribution in [0.25, 0.3) is 0 Å². The van der Waals surface area contributed by atoms with E-state index in [1.807, 2.05) is 17.2 Å². The van der Waals surface area contributed by atoms with Crippen LogP contribution in [0.5, 0.6) is 0 Å². The van der Waals surface area contributed by atoms with Gasteiger partial charge in [-0.2, -0.15) is 0 Å². The molecule has 0 bridgehead atoms. The molecule has 2 nitrogen and oxygen atoms in total. The minimum Gasteiger partial charge on any atom is -0.334 e. The van der Waals surface area contributed by atoms with Crippen LogP contribution in [0.15, 0.2) is 24.3 Å². The maximum absolute atomic E-state index is 13.7. The molecule has 1 amide bonds. The Morgan fingerprint density at radius 2 is 2.17 bits per heavy atom. The van der Waals surface area contributed by atoms with Gasteiger partial charge in [0.2, 0.25) is 5.91 Å². The highest BCUT2D eigenvalue weighted by atomic mass is 32.2. The van der Waals surface area contributed by atoms with Crippen molar-refractivity contribution in [1.29, 1.82) is 0 Å². The lowest BCUT2D eigenvalue weighted by molar-refractivity contribution is -0.139. The lowest BCUT2D eigenvalue weighted by atomic mass is 9.93. The number of rotatable bonds is 3. The number of carbonyl (C=O) groups is 1. The molecule has 1 aromatic rings. The molecule has 0 aromatic heterocycles. The Morgan fingerprint density at radius 3 is 2.67 bits per heavy atom. The van der Waals surface area contributed by atoms with Gasteiger partial charge in [0.1, 0.15) is 5.82 Å². The highest BCUT2D eigenvalue weighted by Gasteiger charge is 2.54. The summed E-state index contributed by atoms with van der Waals surface area (Å²) in [6, 6.07) is 6.73. The summed E-state index contributed by atoms with van der Waals surface area (Å²) in [5.41, 5.74) is 0.661. The van der Waals surface area contributed by atoms with Crippen LogP contribution in [0.1, 0.15) is 30.9 Å². The quantitative estimate of drug-likeness (QED) is 0.837. The third kappa shape index (κ3) is 1.74. The fourth-order valence-corrected chi connectivity index (χ4v) is 3.38. The lowest BCUT2D eigenvalue weighted by Crippen LogP contribution is -2.49. The largest absolute Gasteiger partial charge is 0.334 e. The molecule has 2 fully saturated rings. The number of carbonyl (C=O) groups excluding carboxylic acids is 1. The average Bonchev–Trinajstić information content (AvgIpc) is 3.11. The van der Waals surface area contributed by atoms with Crippen LogP contribution in [0.2, 0.25) is 0 Å². The molecule has 18 heavy (non-hydrogen) atoms. The smallest absolute Gasteiger partial charge is 0.239 e. The third-order valence-corrected chi connectivity index (χ3v) is 5.39. The van der Waals surface area contributed by atoms with Crippen molar-refractivity contribution < 1.29 is 9.18 Å². The summed E-state index contributed by atoms with van der Waals surface area (Å²) in [6.07, 6.45) is 4.79. The first-order valence-electron chi connectivity index (χ1n) is 6.28. The molecule has 96 valence electrons. The predicted molar refractivity (Wildman–Crippen MR) is 71.0 cm³/mol. The van der Waals surface area contributed by atoms with Crippen LogP contribution in [0.3, 0.4) is 0 Å². The molecule has 0 radical (unpaired) electrons. The summed E-state index contributed by atoms with van der Waals surface area (Å²) in [5.74, 6) is 0.00324. The van der Waals surface area contributed by atoms with Crippen molar-refractivity contribution in [3.8, 4) is 0 Å². The Morgan fingerprint density at radius 1 is 1.44 bits per heavy atom. The molecule has 1 saturated heterocycles. The van der Waals surface area contributed by atoms with Gasteiger partial charge in [-0.3, -0.25) is 4.79 Å². The summed E-state index contributed by atoms with van der Waals surface area (Å²) in [7, 11) is 0. The Hall–Kier alpha value is -1.03. The van der Waals surface area contributed by atoms with Gasteiger partial charge < -0.3 is 4.90 Å². The Bertz CT molecular complexity index is 486. The first-order chi connectivity index (χ1) is 8.68. The second-order valence-electron chi connectivity index (χ2n) is 5.02. The molecule has 2 aliphatic rings. The summed E-state index contributed by atoms with van der Waals surface area (Å²) < 4.78 is 13.6. The van der Waals surface area contributed by atoms with Gasteiger partial charge in [-0.1, -0.05) is 18.2 Å². The minimum atomic E-state index is -0.200. The monoisotopic (exact) mass is 265 g/mol. The van der Waals surface area contributed by atoms with E-state index in [2.05, 4.69) is 0 Å². The number of hydrogen-bond acceptors (Lipinski definition) is 2. The summed E-state index contributed by atoms with van der Waals surface area (Å²) >= 11 is 1.64. The molecule has 0 N–H and O–H groups in total. The molecular weight excluding hydrogens is 249 g/mol. The number of benzene rings is 1. The molecule has 1 aromatic carbocycles. The van der Waals surface area contributed by atoms with Crippen LogP contribution in [-0.4, -0.2) is 28.4 Å². The fourth-order valence-electron chi connectivity index (χ4n) is 2.58. The van der Waals surface area contributed by atoms with E-state index in [0.29, 0.717) is 5.56 Å². The zero-order valence-electron chi connectivity index (χ0n) is 10.4. The van der Waals surface area contributed by atoms with Crippen LogP contribution >= 0.6 is 11.8 Å². The Balaban J connectivity index is 1.80. The van der Waals surface area contributed by atoms with Crippen molar-refractivity contribution in [3.05, 3.63) is 35.6 Å². The normalized spacial score (nSPS) is 24.6. The van der Waals surface area contributed by atoms with E-state index < -0.39 is 0 Å². The molecule has 0 spiro atoms. The number of halogens is 1. The van der Waals surface area contributed by atoms with Gasteiger partial charge in [-0.25, -0.2) is 4.39 Å². The maximum Gasteiger partial charge on any atom is 0.239 e. The van der Waals surface area contributed by atoms with Crippen molar-refractivity contribution in [2.24, 2.45) is 0 Å². The summed E-state index contributed by atoms with van der Waals surface area (Å²) in [4.78, 5) is 14.3.